The third kappa shape index (κ3) is 2.65. The number of piperidine rings is 1. The maximum absolute atomic E-state index is 4.35. The van der Waals surface area contributed by atoms with Gasteiger partial charge in [0.15, 0.2) is 0 Å². The molecule has 4 heteroatoms. The van der Waals surface area contributed by atoms with Crippen LogP contribution in [0.2, 0.25) is 0 Å². The predicted molar refractivity (Wildman–Crippen MR) is 60.9 cm³/mol. The van der Waals surface area contributed by atoms with E-state index in [1.165, 1.54) is 12.8 Å². The summed E-state index contributed by atoms with van der Waals surface area (Å²) in [4.78, 5) is 8.44. The Morgan fingerprint density at radius 3 is 3.13 bits per heavy atom. The minimum atomic E-state index is 0.480. The molecule has 82 valence electrons. The number of hydrogen-bond donors (Lipinski definition) is 2. The molecule has 0 saturated carbocycles. The van der Waals surface area contributed by atoms with Crippen molar-refractivity contribution in [1.82, 2.24) is 15.3 Å². The summed E-state index contributed by atoms with van der Waals surface area (Å²) >= 11 is 0. The highest BCUT2D eigenvalue weighted by Crippen LogP contribution is 2.13. The fourth-order valence-corrected chi connectivity index (χ4v) is 1.97. The second kappa shape index (κ2) is 4.57. The van der Waals surface area contributed by atoms with E-state index in [4.69, 9.17) is 0 Å². The molecule has 0 radical (unpaired) electrons. The number of aromatic nitrogens is 2. The van der Waals surface area contributed by atoms with E-state index in [2.05, 4.69) is 27.5 Å². The molecule has 4 nitrogen and oxygen atoms in total. The van der Waals surface area contributed by atoms with Crippen LogP contribution in [0.25, 0.3) is 0 Å². The van der Waals surface area contributed by atoms with Gasteiger partial charge in [0, 0.05) is 18.3 Å². The van der Waals surface area contributed by atoms with Gasteiger partial charge >= 0.3 is 0 Å². The molecule has 2 atom stereocenters. The van der Waals surface area contributed by atoms with Crippen LogP contribution in [0.5, 0.6) is 0 Å². The van der Waals surface area contributed by atoms with Crippen molar-refractivity contribution in [2.45, 2.75) is 38.8 Å². The van der Waals surface area contributed by atoms with Gasteiger partial charge in [-0.25, -0.2) is 9.97 Å². The zero-order chi connectivity index (χ0) is 10.7. The molecule has 0 spiro atoms. The van der Waals surface area contributed by atoms with Gasteiger partial charge in [0.05, 0.1) is 0 Å². The molecule has 2 heterocycles. The summed E-state index contributed by atoms with van der Waals surface area (Å²) in [7, 11) is 0. The maximum atomic E-state index is 4.35. The first-order chi connectivity index (χ1) is 7.25. The third-order valence-electron chi connectivity index (χ3n) is 2.87. The van der Waals surface area contributed by atoms with E-state index in [0.717, 1.165) is 18.2 Å². The lowest BCUT2D eigenvalue weighted by Crippen LogP contribution is -2.46. The van der Waals surface area contributed by atoms with Crippen molar-refractivity contribution in [3.05, 3.63) is 18.1 Å². The smallest absolute Gasteiger partial charge is 0.129 e. The zero-order valence-corrected chi connectivity index (χ0v) is 9.33. The first-order valence-corrected chi connectivity index (χ1v) is 5.55. The molecule has 2 N–H and O–H groups in total. The van der Waals surface area contributed by atoms with Crippen LogP contribution in [-0.2, 0) is 0 Å². The Hall–Kier alpha value is -1.16. The van der Waals surface area contributed by atoms with E-state index in [-0.39, 0.29) is 0 Å². The van der Waals surface area contributed by atoms with E-state index in [1.807, 2.05) is 13.0 Å². The zero-order valence-electron chi connectivity index (χ0n) is 9.33. The number of anilines is 1. The lowest BCUT2D eigenvalue weighted by Gasteiger charge is -2.31. The summed E-state index contributed by atoms with van der Waals surface area (Å²) in [5.74, 6) is 1.75. The molecule has 1 fully saturated rings. The number of aryl methyl sites for hydroxylation is 1. The molecule has 1 saturated heterocycles. The minimum absolute atomic E-state index is 0.480. The van der Waals surface area contributed by atoms with Crippen LogP contribution in [0.15, 0.2) is 12.3 Å². The lowest BCUT2D eigenvalue weighted by molar-refractivity contribution is 0.388. The largest absolute Gasteiger partial charge is 0.366 e. The molecule has 0 aliphatic carbocycles. The van der Waals surface area contributed by atoms with Crippen LogP contribution in [-0.4, -0.2) is 28.6 Å². The fourth-order valence-electron chi connectivity index (χ4n) is 1.97. The van der Waals surface area contributed by atoms with Crippen molar-refractivity contribution in [1.29, 1.82) is 0 Å². The second-order valence-corrected chi connectivity index (χ2v) is 4.12. The molecule has 1 aliphatic heterocycles. The normalized spacial score (nSPS) is 26.3. The molecule has 1 aromatic rings. The monoisotopic (exact) mass is 206 g/mol. The minimum Gasteiger partial charge on any atom is -0.366 e. The Bertz CT molecular complexity index is 326. The summed E-state index contributed by atoms with van der Waals surface area (Å²) in [5.41, 5.74) is 0. The highest BCUT2D eigenvalue weighted by atomic mass is 15.1. The van der Waals surface area contributed by atoms with Gasteiger partial charge < -0.3 is 10.6 Å². The molecular weight excluding hydrogens is 188 g/mol. The Morgan fingerprint density at radius 1 is 1.53 bits per heavy atom. The van der Waals surface area contributed by atoms with Gasteiger partial charge in [-0.05, 0) is 39.3 Å². The molecule has 1 aromatic heterocycles. The summed E-state index contributed by atoms with van der Waals surface area (Å²) in [5, 5.41) is 6.92. The van der Waals surface area contributed by atoms with Crippen LogP contribution < -0.4 is 10.6 Å². The first-order valence-electron chi connectivity index (χ1n) is 5.55. The van der Waals surface area contributed by atoms with E-state index < -0.39 is 0 Å². The van der Waals surface area contributed by atoms with Gasteiger partial charge in [-0.2, -0.15) is 0 Å². The number of nitrogens with zero attached hydrogens (tertiary/aromatic N) is 2. The molecule has 0 bridgehead atoms. The summed E-state index contributed by atoms with van der Waals surface area (Å²) < 4.78 is 0. The first kappa shape index (κ1) is 10.4. The Labute approximate surface area is 90.5 Å². The molecule has 1 aliphatic rings. The van der Waals surface area contributed by atoms with Crippen LogP contribution in [0, 0.1) is 6.92 Å². The van der Waals surface area contributed by atoms with E-state index in [9.17, 15) is 0 Å². The van der Waals surface area contributed by atoms with Gasteiger partial charge in [-0.3, -0.25) is 0 Å². The van der Waals surface area contributed by atoms with Crippen LogP contribution in [0.3, 0.4) is 0 Å². The van der Waals surface area contributed by atoms with Gasteiger partial charge in [0.2, 0.25) is 0 Å². The molecule has 0 amide bonds. The number of rotatable bonds is 2. The van der Waals surface area contributed by atoms with Gasteiger partial charge in [0.1, 0.15) is 11.6 Å². The molecule has 2 unspecified atom stereocenters. The topological polar surface area (TPSA) is 49.8 Å². The Morgan fingerprint density at radius 2 is 2.40 bits per heavy atom. The SMILES string of the molecule is Cc1nccc(NC2CCCNC2C)n1. The van der Waals surface area contributed by atoms with Crippen LogP contribution in [0.1, 0.15) is 25.6 Å². The Balaban J connectivity index is 2.01. The highest BCUT2D eigenvalue weighted by molar-refractivity contribution is 5.34. The van der Waals surface area contributed by atoms with Crippen molar-refractivity contribution >= 4 is 5.82 Å². The maximum Gasteiger partial charge on any atom is 0.129 e. The van der Waals surface area contributed by atoms with E-state index >= 15 is 0 Å². The second-order valence-electron chi connectivity index (χ2n) is 4.12. The van der Waals surface area contributed by atoms with E-state index in [1.54, 1.807) is 6.20 Å². The highest BCUT2D eigenvalue weighted by Gasteiger charge is 2.20. The molecule has 2 rings (SSSR count). The van der Waals surface area contributed by atoms with Gasteiger partial charge in [-0.15, -0.1) is 0 Å². The van der Waals surface area contributed by atoms with Crippen molar-refractivity contribution in [3.8, 4) is 0 Å². The van der Waals surface area contributed by atoms with Crippen molar-refractivity contribution in [3.63, 3.8) is 0 Å². The summed E-state index contributed by atoms with van der Waals surface area (Å²) in [6.45, 7) is 5.25. The quantitative estimate of drug-likeness (QED) is 0.766. The van der Waals surface area contributed by atoms with Crippen LogP contribution in [0.4, 0.5) is 5.82 Å². The van der Waals surface area contributed by atoms with E-state index in [0.29, 0.717) is 12.1 Å². The molecular formula is C11H18N4. The van der Waals surface area contributed by atoms with Crippen molar-refractivity contribution in [2.75, 3.05) is 11.9 Å². The average Bonchev–Trinajstić information content (AvgIpc) is 2.22. The lowest BCUT2D eigenvalue weighted by atomic mass is 10.00. The summed E-state index contributed by atoms with van der Waals surface area (Å²) in [6.07, 6.45) is 4.23. The van der Waals surface area contributed by atoms with Gasteiger partial charge in [0.25, 0.3) is 0 Å². The third-order valence-corrected chi connectivity index (χ3v) is 2.87. The predicted octanol–water partition coefficient (Wildman–Crippen LogP) is 1.34. The van der Waals surface area contributed by atoms with Gasteiger partial charge in [-0.1, -0.05) is 0 Å². The van der Waals surface area contributed by atoms with Crippen molar-refractivity contribution in [2.24, 2.45) is 0 Å². The summed E-state index contributed by atoms with van der Waals surface area (Å²) in [6, 6.07) is 2.91. The fraction of sp³-hybridized carbons (Fsp3) is 0.636. The Kier molecular flexibility index (Phi) is 3.16. The number of hydrogen-bond acceptors (Lipinski definition) is 4. The molecule has 15 heavy (non-hydrogen) atoms. The standard InChI is InChI=1S/C11H18N4/c1-8-10(4-3-6-12-8)15-11-5-7-13-9(2)14-11/h5,7-8,10,12H,3-4,6H2,1-2H3,(H,13,14,15). The van der Waals surface area contributed by atoms with Crippen LogP contribution >= 0.6 is 0 Å². The van der Waals surface area contributed by atoms with Crippen molar-refractivity contribution < 1.29 is 0 Å². The number of nitrogens with one attached hydrogen (secondary N) is 2. The average molecular weight is 206 g/mol. The molecule has 0 aromatic carbocycles.